The van der Waals surface area contributed by atoms with E-state index >= 15 is 0 Å². The molecule has 6 heteroatoms. The zero-order valence-electron chi connectivity index (χ0n) is 10.4. The van der Waals surface area contributed by atoms with Crippen LogP contribution in [0.3, 0.4) is 0 Å². The average molecular weight is 238 g/mol. The van der Waals surface area contributed by atoms with Gasteiger partial charge in [-0.2, -0.15) is 4.98 Å². The molecule has 0 aliphatic carbocycles. The third-order valence-electron chi connectivity index (χ3n) is 2.82. The third-order valence-corrected chi connectivity index (χ3v) is 2.82. The largest absolute Gasteiger partial charge is 0.481 e. The summed E-state index contributed by atoms with van der Waals surface area (Å²) in [5, 5.41) is 6.53. The first-order chi connectivity index (χ1) is 8.22. The molecule has 0 amide bonds. The molecule has 0 saturated carbocycles. The SMILES string of the molecule is COc1cc(C)nc(NC2CNC[C@@H]2OC)n1. The molecule has 0 bridgehead atoms. The maximum absolute atomic E-state index is 5.37. The first-order valence-corrected chi connectivity index (χ1v) is 5.62. The molecular formula is C11H18N4O2. The number of ether oxygens (including phenoxy) is 2. The summed E-state index contributed by atoms with van der Waals surface area (Å²) in [7, 11) is 3.31. The van der Waals surface area contributed by atoms with E-state index in [2.05, 4.69) is 20.6 Å². The molecule has 2 N–H and O–H groups in total. The Bertz CT molecular complexity index is 386. The van der Waals surface area contributed by atoms with Crippen LogP contribution < -0.4 is 15.4 Å². The van der Waals surface area contributed by atoms with Crippen LogP contribution in [-0.4, -0.2) is 49.4 Å². The molecule has 1 aromatic heterocycles. The highest BCUT2D eigenvalue weighted by Gasteiger charge is 2.27. The van der Waals surface area contributed by atoms with Gasteiger partial charge >= 0.3 is 0 Å². The standard InChI is InChI=1S/C11H18N4O2/c1-7-4-10(17-3)15-11(13-7)14-8-5-12-6-9(8)16-2/h4,8-9,12H,5-6H2,1-3H3,(H,13,14,15)/t8?,9-/m0/s1. The van der Waals surface area contributed by atoms with E-state index in [1.54, 1.807) is 20.3 Å². The minimum atomic E-state index is 0.144. The lowest BCUT2D eigenvalue weighted by Crippen LogP contribution is -2.34. The minimum Gasteiger partial charge on any atom is -0.481 e. The molecule has 6 nitrogen and oxygen atoms in total. The number of nitrogens with one attached hydrogen (secondary N) is 2. The Morgan fingerprint density at radius 2 is 2.18 bits per heavy atom. The normalized spacial score (nSPS) is 23.7. The van der Waals surface area contributed by atoms with E-state index in [9.17, 15) is 0 Å². The summed E-state index contributed by atoms with van der Waals surface area (Å²) in [5.41, 5.74) is 0.874. The number of anilines is 1. The van der Waals surface area contributed by atoms with Crippen LogP contribution in [0.4, 0.5) is 5.95 Å². The van der Waals surface area contributed by atoms with E-state index in [0.717, 1.165) is 18.8 Å². The van der Waals surface area contributed by atoms with Crippen molar-refractivity contribution in [1.82, 2.24) is 15.3 Å². The van der Waals surface area contributed by atoms with Crippen molar-refractivity contribution in [2.75, 3.05) is 32.6 Å². The van der Waals surface area contributed by atoms with Crippen molar-refractivity contribution in [3.8, 4) is 5.88 Å². The fourth-order valence-electron chi connectivity index (χ4n) is 1.92. The van der Waals surface area contributed by atoms with Crippen molar-refractivity contribution in [2.24, 2.45) is 0 Å². The molecule has 1 aliphatic rings. The lowest BCUT2D eigenvalue weighted by molar-refractivity contribution is 0.111. The number of methoxy groups -OCH3 is 2. The second-order valence-corrected chi connectivity index (χ2v) is 4.06. The van der Waals surface area contributed by atoms with Crippen molar-refractivity contribution in [3.05, 3.63) is 11.8 Å². The van der Waals surface area contributed by atoms with Gasteiger partial charge < -0.3 is 20.1 Å². The molecule has 2 heterocycles. The number of hydrogen-bond acceptors (Lipinski definition) is 6. The first-order valence-electron chi connectivity index (χ1n) is 5.62. The average Bonchev–Trinajstić information content (AvgIpc) is 2.75. The van der Waals surface area contributed by atoms with Crippen molar-refractivity contribution in [2.45, 2.75) is 19.1 Å². The summed E-state index contributed by atoms with van der Waals surface area (Å²) in [5.74, 6) is 1.15. The summed E-state index contributed by atoms with van der Waals surface area (Å²) in [6.07, 6.45) is 0.144. The molecule has 17 heavy (non-hydrogen) atoms. The molecule has 1 unspecified atom stereocenters. The van der Waals surface area contributed by atoms with Crippen LogP contribution in [-0.2, 0) is 4.74 Å². The summed E-state index contributed by atoms with van der Waals surface area (Å²) >= 11 is 0. The number of nitrogens with zero attached hydrogens (tertiary/aromatic N) is 2. The quantitative estimate of drug-likeness (QED) is 0.780. The molecule has 0 radical (unpaired) electrons. The Labute approximate surface area is 101 Å². The predicted molar refractivity (Wildman–Crippen MR) is 64.4 cm³/mol. The molecule has 1 aliphatic heterocycles. The van der Waals surface area contributed by atoms with Crippen LogP contribution in [0.2, 0.25) is 0 Å². The fraction of sp³-hybridized carbons (Fsp3) is 0.636. The predicted octanol–water partition coefficient (Wildman–Crippen LogP) is 0.192. The summed E-state index contributed by atoms with van der Waals surface area (Å²) in [4.78, 5) is 8.58. The van der Waals surface area contributed by atoms with Crippen molar-refractivity contribution in [3.63, 3.8) is 0 Å². The topological polar surface area (TPSA) is 68.3 Å². The van der Waals surface area contributed by atoms with Crippen molar-refractivity contribution >= 4 is 5.95 Å². The van der Waals surface area contributed by atoms with E-state index in [1.807, 2.05) is 6.92 Å². The van der Waals surface area contributed by atoms with E-state index in [-0.39, 0.29) is 12.1 Å². The molecule has 1 aromatic rings. The molecule has 2 atom stereocenters. The number of rotatable bonds is 4. The van der Waals surface area contributed by atoms with Gasteiger partial charge in [0.2, 0.25) is 11.8 Å². The third kappa shape index (κ3) is 2.83. The highest BCUT2D eigenvalue weighted by molar-refractivity contribution is 5.32. The van der Waals surface area contributed by atoms with Gasteiger partial charge in [-0.05, 0) is 6.92 Å². The molecule has 0 aromatic carbocycles. The number of aryl methyl sites for hydroxylation is 1. The van der Waals surface area contributed by atoms with Crippen LogP contribution in [0.15, 0.2) is 6.07 Å². The van der Waals surface area contributed by atoms with Gasteiger partial charge in [0.15, 0.2) is 0 Å². The van der Waals surface area contributed by atoms with Gasteiger partial charge in [-0.25, -0.2) is 4.98 Å². The first kappa shape index (κ1) is 12.1. The van der Waals surface area contributed by atoms with Crippen LogP contribution in [0.25, 0.3) is 0 Å². The van der Waals surface area contributed by atoms with Crippen molar-refractivity contribution < 1.29 is 9.47 Å². The molecule has 1 fully saturated rings. The smallest absolute Gasteiger partial charge is 0.226 e. The van der Waals surface area contributed by atoms with E-state index in [0.29, 0.717) is 11.8 Å². The highest BCUT2D eigenvalue weighted by atomic mass is 16.5. The van der Waals surface area contributed by atoms with E-state index in [1.165, 1.54) is 0 Å². The Morgan fingerprint density at radius 3 is 2.88 bits per heavy atom. The highest BCUT2D eigenvalue weighted by Crippen LogP contribution is 2.14. The lowest BCUT2D eigenvalue weighted by atomic mass is 10.2. The van der Waals surface area contributed by atoms with E-state index in [4.69, 9.17) is 9.47 Å². The number of aromatic nitrogens is 2. The maximum Gasteiger partial charge on any atom is 0.226 e. The van der Waals surface area contributed by atoms with Gasteiger partial charge in [0, 0.05) is 32.0 Å². The monoisotopic (exact) mass is 238 g/mol. The van der Waals surface area contributed by atoms with Gasteiger partial charge in [-0.1, -0.05) is 0 Å². The Kier molecular flexibility index (Phi) is 3.75. The van der Waals surface area contributed by atoms with Crippen LogP contribution >= 0.6 is 0 Å². The molecule has 94 valence electrons. The Hall–Kier alpha value is -1.40. The van der Waals surface area contributed by atoms with Gasteiger partial charge in [-0.15, -0.1) is 0 Å². The van der Waals surface area contributed by atoms with Crippen LogP contribution in [0.5, 0.6) is 5.88 Å². The molecule has 1 saturated heterocycles. The van der Waals surface area contributed by atoms with Gasteiger partial charge in [0.25, 0.3) is 0 Å². The van der Waals surface area contributed by atoms with Crippen LogP contribution in [0, 0.1) is 6.92 Å². The minimum absolute atomic E-state index is 0.144. The zero-order chi connectivity index (χ0) is 12.3. The molecular weight excluding hydrogens is 220 g/mol. The van der Waals surface area contributed by atoms with Gasteiger partial charge in [0.1, 0.15) is 0 Å². The lowest BCUT2D eigenvalue weighted by Gasteiger charge is -2.18. The maximum atomic E-state index is 5.37. The summed E-state index contributed by atoms with van der Waals surface area (Å²) in [6.45, 7) is 3.60. The second kappa shape index (κ2) is 5.29. The summed E-state index contributed by atoms with van der Waals surface area (Å²) in [6, 6.07) is 1.98. The van der Waals surface area contributed by atoms with Gasteiger partial charge in [0.05, 0.1) is 19.3 Å². The molecule has 2 rings (SSSR count). The Morgan fingerprint density at radius 1 is 1.35 bits per heavy atom. The van der Waals surface area contributed by atoms with Crippen LogP contribution in [0.1, 0.15) is 5.69 Å². The second-order valence-electron chi connectivity index (χ2n) is 4.06. The van der Waals surface area contributed by atoms with Crippen molar-refractivity contribution in [1.29, 1.82) is 0 Å². The number of hydrogen-bond donors (Lipinski definition) is 2. The summed E-state index contributed by atoms with van der Waals surface area (Å²) < 4.78 is 10.5. The fourth-order valence-corrected chi connectivity index (χ4v) is 1.92. The van der Waals surface area contributed by atoms with Gasteiger partial charge in [-0.3, -0.25) is 0 Å². The van der Waals surface area contributed by atoms with E-state index < -0.39 is 0 Å². The molecule has 0 spiro atoms. The Balaban J connectivity index is 2.09. The zero-order valence-corrected chi connectivity index (χ0v) is 10.4.